The lowest BCUT2D eigenvalue weighted by Gasteiger charge is -2.12. The second kappa shape index (κ2) is 5.44. The minimum atomic E-state index is -4.78. The molecule has 7 heteroatoms. The molecule has 0 spiro atoms. The van der Waals surface area contributed by atoms with Gasteiger partial charge in [-0.25, -0.2) is 8.78 Å². The SMILES string of the molecule is O=C(c1cc(F)c(Cl)cc1F)c1ccccc1C(F)(F)F. The molecule has 0 N–H and O–H groups in total. The first kappa shape index (κ1) is 15.4. The molecule has 2 aromatic carbocycles. The molecule has 0 aliphatic carbocycles. The van der Waals surface area contributed by atoms with Crippen LogP contribution in [0.25, 0.3) is 0 Å². The van der Waals surface area contributed by atoms with Crippen molar-refractivity contribution < 1.29 is 26.7 Å². The zero-order chi connectivity index (χ0) is 15.8. The molecule has 0 fully saturated rings. The van der Waals surface area contributed by atoms with Gasteiger partial charge in [0.05, 0.1) is 16.1 Å². The van der Waals surface area contributed by atoms with E-state index in [0.29, 0.717) is 18.2 Å². The van der Waals surface area contributed by atoms with Crippen molar-refractivity contribution in [3.63, 3.8) is 0 Å². The first-order valence-electron chi connectivity index (χ1n) is 5.57. The normalized spacial score (nSPS) is 11.5. The van der Waals surface area contributed by atoms with Crippen LogP contribution in [0.4, 0.5) is 22.0 Å². The summed E-state index contributed by atoms with van der Waals surface area (Å²) in [4.78, 5) is 12.0. The van der Waals surface area contributed by atoms with E-state index in [2.05, 4.69) is 0 Å². The fourth-order valence-electron chi connectivity index (χ4n) is 1.77. The monoisotopic (exact) mass is 320 g/mol. The molecule has 110 valence electrons. The summed E-state index contributed by atoms with van der Waals surface area (Å²) in [7, 11) is 0. The van der Waals surface area contributed by atoms with Crippen molar-refractivity contribution in [2.45, 2.75) is 6.18 Å². The third kappa shape index (κ3) is 3.05. The lowest BCUT2D eigenvalue weighted by molar-refractivity contribution is -0.137. The Morgan fingerprint density at radius 1 is 0.952 bits per heavy atom. The van der Waals surface area contributed by atoms with E-state index in [9.17, 15) is 26.7 Å². The van der Waals surface area contributed by atoms with Gasteiger partial charge in [-0.15, -0.1) is 0 Å². The number of rotatable bonds is 2. The van der Waals surface area contributed by atoms with Gasteiger partial charge in [0, 0.05) is 5.56 Å². The summed E-state index contributed by atoms with van der Waals surface area (Å²) in [5.41, 5.74) is -2.79. The van der Waals surface area contributed by atoms with E-state index in [0.717, 1.165) is 12.1 Å². The number of hydrogen-bond acceptors (Lipinski definition) is 1. The third-order valence-electron chi connectivity index (χ3n) is 2.73. The molecular weight excluding hydrogens is 315 g/mol. The minimum absolute atomic E-state index is 0.479. The Balaban J connectivity index is 2.59. The Morgan fingerprint density at radius 3 is 2.19 bits per heavy atom. The van der Waals surface area contributed by atoms with Gasteiger partial charge in [-0.2, -0.15) is 13.2 Å². The maximum absolute atomic E-state index is 13.6. The van der Waals surface area contributed by atoms with E-state index in [-0.39, 0.29) is 0 Å². The van der Waals surface area contributed by atoms with Gasteiger partial charge < -0.3 is 0 Å². The van der Waals surface area contributed by atoms with Crippen LogP contribution in [0, 0.1) is 11.6 Å². The predicted octanol–water partition coefficient (Wildman–Crippen LogP) is 4.87. The zero-order valence-electron chi connectivity index (χ0n) is 10.1. The fraction of sp³-hybridized carbons (Fsp3) is 0.0714. The van der Waals surface area contributed by atoms with Crippen LogP contribution in [-0.4, -0.2) is 5.78 Å². The Kier molecular flexibility index (Phi) is 4.00. The van der Waals surface area contributed by atoms with Crippen LogP contribution in [0.1, 0.15) is 21.5 Å². The topological polar surface area (TPSA) is 17.1 Å². The second-order valence-electron chi connectivity index (χ2n) is 4.12. The summed E-state index contributed by atoms with van der Waals surface area (Å²) in [5.74, 6) is -3.55. The predicted molar refractivity (Wildman–Crippen MR) is 66.2 cm³/mol. The molecule has 0 saturated carbocycles. The van der Waals surface area contributed by atoms with E-state index in [4.69, 9.17) is 11.6 Å². The van der Waals surface area contributed by atoms with E-state index in [1.807, 2.05) is 0 Å². The smallest absolute Gasteiger partial charge is 0.288 e. The summed E-state index contributed by atoms with van der Waals surface area (Å²) < 4.78 is 65.4. The molecule has 1 nitrogen and oxygen atoms in total. The van der Waals surface area contributed by atoms with Crippen molar-refractivity contribution in [3.8, 4) is 0 Å². The van der Waals surface area contributed by atoms with E-state index >= 15 is 0 Å². The minimum Gasteiger partial charge on any atom is -0.288 e. The van der Waals surface area contributed by atoms with Crippen molar-refractivity contribution in [2.75, 3.05) is 0 Å². The summed E-state index contributed by atoms with van der Waals surface area (Å²) >= 11 is 5.33. The maximum Gasteiger partial charge on any atom is 0.417 e. The number of carbonyl (C=O) groups is 1. The largest absolute Gasteiger partial charge is 0.417 e. The number of ketones is 1. The average Bonchev–Trinajstić information content (AvgIpc) is 2.41. The van der Waals surface area contributed by atoms with Crippen LogP contribution in [0.15, 0.2) is 36.4 Å². The second-order valence-corrected chi connectivity index (χ2v) is 4.53. The lowest BCUT2D eigenvalue weighted by atomic mass is 9.97. The Labute approximate surface area is 121 Å². The van der Waals surface area contributed by atoms with Gasteiger partial charge in [0.1, 0.15) is 11.6 Å². The summed E-state index contributed by atoms with van der Waals surface area (Å²) in [6.45, 7) is 0. The maximum atomic E-state index is 13.6. The zero-order valence-corrected chi connectivity index (χ0v) is 10.9. The first-order valence-corrected chi connectivity index (χ1v) is 5.95. The highest BCUT2D eigenvalue weighted by Gasteiger charge is 2.35. The highest BCUT2D eigenvalue weighted by Crippen LogP contribution is 2.33. The number of hydrogen-bond donors (Lipinski definition) is 0. The van der Waals surface area contributed by atoms with Gasteiger partial charge in [0.15, 0.2) is 5.78 Å². The Bertz CT molecular complexity index is 709. The summed E-state index contributed by atoms with van der Waals surface area (Å²) in [5, 5.41) is -0.562. The number of benzene rings is 2. The molecule has 2 rings (SSSR count). The van der Waals surface area contributed by atoms with Crippen LogP contribution in [-0.2, 0) is 6.18 Å². The third-order valence-corrected chi connectivity index (χ3v) is 3.02. The van der Waals surface area contributed by atoms with Crippen molar-refractivity contribution >= 4 is 17.4 Å². The van der Waals surface area contributed by atoms with Crippen molar-refractivity contribution in [3.05, 3.63) is 69.7 Å². The summed E-state index contributed by atoms with van der Waals surface area (Å²) in [6.07, 6.45) is -4.78. The molecule has 0 saturated heterocycles. The standard InChI is InChI=1S/C14H6ClF5O/c15-10-6-11(16)8(5-12(10)17)13(21)7-3-1-2-4-9(7)14(18,19)20/h1-6H. The van der Waals surface area contributed by atoms with Crippen molar-refractivity contribution in [1.29, 1.82) is 0 Å². The fourth-order valence-corrected chi connectivity index (χ4v) is 1.92. The highest BCUT2D eigenvalue weighted by molar-refractivity contribution is 6.31. The number of halogens is 6. The molecule has 0 radical (unpaired) electrons. The van der Waals surface area contributed by atoms with Crippen LogP contribution < -0.4 is 0 Å². The van der Waals surface area contributed by atoms with Gasteiger partial charge in [-0.1, -0.05) is 29.8 Å². The van der Waals surface area contributed by atoms with Gasteiger partial charge in [0.2, 0.25) is 0 Å². The molecule has 0 atom stereocenters. The van der Waals surface area contributed by atoms with Crippen molar-refractivity contribution in [2.24, 2.45) is 0 Å². The van der Waals surface area contributed by atoms with Crippen molar-refractivity contribution in [1.82, 2.24) is 0 Å². The molecule has 0 bridgehead atoms. The molecule has 0 heterocycles. The molecule has 2 aromatic rings. The number of alkyl halides is 3. The van der Waals surface area contributed by atoms with E-state index in [1.54, 1.807) is 0 Å². The van der Waals surface area contributed by atoms with Gasteiger partial charge in [-0.05, 0) is 18.2 Å². The molecule has 0 unspecified atom stereocenters. The Morgan fingerprint density at radius 2 is 1.57 bits per heavy atom. The molecule has 0 aliphatic rings. The van der Waals surface area contributed by atoms with Gasteiger partial charge in [0.25, 0.3) is 0 Å². The first-order chi connectivity index (χ1) is 9.71. The quantitative estimate of drug-likeness (QED) is 0.438. The summed E-state index contributed by atoms with van der Waals surface area (Å²) in [6, 6.07) is 4.91. The molecule has 0 aromatic heterocycles. The average molecular weight is 321 g/mol. The lowest BCUT2D eigenvalue weighted by Crippen LogP contribution is -2.14. The molecular formula is C14H6ClF5O. The van der Waals surface area contributed by atoms with Crippen LogP contribution in [0.2, 0.25) is 5.02 Å². The van der Waals surface area contributed by atoms with Crippen LogP contribution in [0.5, 0.6) is 0 Å². The van der Waals surface area contributed by atoms with Crippen LogP contribution in [0.3, 0.4) is 0 Å². The van der Waals surface area contributed by atoms with Gasteiger partial charge >= 0.3 is 6.18 Å². The molecule has 21 heavy (non-hydrogen) atoms. The van der Waals surface area contributed by atoms with E-state index in [1.165, 1.54) is 6.07 Å². The highest BCUT2D eigenvalue weighted by atomic mass is 35.5. The Hall–Kier alpha value is -1.95. The molecule has 0 amide bonds. The molecule has 0 aliphatic heterocycles. The van der Waals surface area contributed by atoms with E-state index < -0.39 is 45.3 Å². The van der Waals surface area contributed by atoms with Crippen LogP contribution >= 0.6 is 11.6 Å². The van der Waals surface area contributed by atoms with Gasteiger partial charge in [-0.3, -0.25) is 4.79 Å². The number of carbonyl (C=O) groups excluding carboxylic acids is 1.